The first-order chi connectivity index (χ1) is 10.6. The molecule has 2 N–H and O–H groups in total. The van der Waals surface area contributed by atoms with Gasteiger partial charge >= 0.3 is 0 Å². The van der Waals surface area contributed by atoms with Crippen LogP contribution in [0.5, 0.6) is 0 Å². The van der Waals surface area contributed by atoms with Crippen molar-refractivity contribution in [2.45, 2.75) is 18.9 Å². The van der Waals surface area contributed by atoms with E-state index in [0.717, 1.165) is 6.42 Å². The van der Waals surface area contributed by atoms with Gasteiger partial charge in [-0.1, -0.05) is 0 Å². The topological polar surface area (TPSA) is 90.2 Å². The Kier molecular flexibility index (Phi) is 3.84. The number of aromatic nitrogens is 1. The number of carbonyl (C=O) groups is 2. The number of carbonyl (C=O) groups excluding carboxylic acids is 2. The Bertz CT molecular complexity index is 624. The monoisotopic (exact) mass is 305 g/mol. The second-order valence-corrected chi connectivity index (χ2v) is 5.62. The van der Waals surface area contributed by atoms with Crippen molar-refractivity contribution in [1.29, 1.82) is 0 Å². The number of rotatable bonds is 2. The third-order valence-electron chi connectivity index (χ3n) is 4.16. The molecule has 118 valence electrons. The van der Waals surface area contributed by atoms with Crippen molar-refractivity contribution in [3.05, 3.63) is 24.0 Å². The van der Waals surface area contributed by atoms with Gasteiger partial charge in [-0.25, -0.2) is 5.48 Å². The van der Waals surface area contributed by atoms with Crippen molar-refractivity contribution in [2.75, 3.05) is 19.6 Å². The molecule has 2 aliphatic rings. The fraction of sp³-hybridized carbons (Fsp3) is 0.500. The molecule has 2 aliphatic heterocycles. The molecule has 0 saturated carbocycles. The first-order valence-electron chi connectivity index (χ1n) is 7.29. The van der Waals surface area contributed by atoms with E-state index in [-0.39, 0.29) is 11.9 Å². The molecule has 1 saturated heterocycles. The number of hydrogen-bond donors (Lipinski definition) is 2. The number of hydrogen-bond acceptors (Lipinski definition) is 5. The van der Waals surface area contributed by atoms with E-state index in [1.807, 2.05) is 29.2 Å². The van der Waals surface area contributed by atoms with Gasteiger partial charge in [-0.15, -0.1) is 0 Å². The highest BCUT2D eigenvalue weighted by Crippen LogP contribution is 2.21. The van der Waals surface area contributed by atoms with Crippen LogP contribution < -0.4 is 5.48 Å². The molecule has 3 heterocycles. The van der Waals surface area contributed by atoms with E-state index in [1.54, 1.807) is 16.1 Å². The normalized spacial score (nSPS) is 21.2. The molecule has 3 rings (SSSR count). The fourth-order valence-corrected chi connectivity index (χ4v) is 3.00. The van der Waals surface area contributed by atoms with E-state index in [1.165, 1.54) is 0 Å². The van der Waals surface area contributed by atoms with Gasteiger partial charge in [0.2, 0.25) is 0 Å². The molecule has 0 aliphatic carbocycles. The number of aryl methyl sites for hydroxylation is 1. The van der Waals surface area contributed by atoms with E-state index in [2.05, 4.69) is 5.10 Å². The van der Waals surface area contributed by atoms with Crippen LogP contribution in [-0.2, 0) is 11.8 Å². The molecule has 2 amide bonds. The Hall–Kier alpha value is -2.35. The maximum Gasteiger partial charge on any atom is 0.290 e. The van der Waals surface area contributed by atoms with Crippen molar-refractivity contribution >= 4 is 17.5 Å². The van der Waals surface area contributed by atoms with Crippen molar-refractivity contribution in [2.24, 2.45) is 12.1 Å². The minimum atomic E-state index is -0.576. The van der Waals surface area contributed by atoms with Crippen LogP contribution in [0, 0.1) is 0 Å². The van der Waals surface area contributed by atoms with Crippen LogP contribution >= 0.6 is 0 Å². The molecule has 0 aromatic carbocycles. The van der Waals surface area contributed by atoms with E-state index in [0.29, 0.717) is 37.5 Å². The average Bonchev–Trinajstić information content (AvgIpc) is 3.06. The Morgan fingerprint density at radius 3 is 2.91 bits per heavy atom. The summed E-state index contributed by atoms with van der Waals surface area (Å²) in [7, 11) is 1.85. The zero-order valence-corrected chi connectivity index (χ0v) is 12.4. The van der Waals surface area contributed by atoms with Crippen LogP contribution in [0.2, 0.25) is 0 Å². The van der Waals surface area contributed by atoms with Crippen LogP contribution in [0.3, 0.4) is 0 Å². The maximum atomic E-state index is 12.6. The third-order valence-corrected chi connectivity index (χ3v) is 4.16. The lowest BCUT2D eigenvalue weighted by Gasteiger charge is -2.25. The summed E-state index contributed by atoms with van der Waals surface area (Å²) in [5, 5.41) is 14.8. The Morgan fingerprint density at radius 2 is 2.23 bits per heavy atom. The number of nitrogens with zero attached hydrogens (tertiary/aromatic N) is 4. The van der Waals surface area contributed by atoms with E-state index in [4.69, 9.17) is 5.21 Å². The second kappa shape index (κ2) is 5.80. The van der Waals surface area contributed by atoms with Crippen LogP contribution in [0.1, 0.15) is 23.3 Å². The predicted octanol–water partition coefficient (Wildman–Crippen LogP) is -0.193. The standard InChI is InChI=1S/C14H19N5O3/c1-17-5-2-4-12(17)14(21)18-6-3-7-19-10(9-18)8-11(15-19)13(20)16-22/h2,4-5,10,22H,3,6-9H2,1H3,(H,16,20). The maximum absolute atomic E-state index is 12.6. The summed E-state index contributed by atoms with van der Waals surface area (Å²) in [5.41, 5.74) is 2.58. The van der Waals surface area contributed by atoms with Crippen molar-refractivity contribution in [1.82, 2.24) is 20.0 Å². The highest BCUT2D eigenvalue weighted by atomic mass is 16.5. The SMILES string of the molecule is Cn1cccc1C(=O)N1CCCN2N=C(C(=O)NO)CC2C1. The smallest absolute Gasteiger partial charge is 0.290 e. The molecular weight excluding hydrogens is 286 g/mol. The lowest BCUT2D eigenvalue weighted by atomic mass is 10.1. The molecule has 8 heteroatoms. The summed E-state index contributed by atoms with van der Waals surface area (Å²) in [6.07, 6.45) is 3.08. The summed E-state index contributed by atoms with van der Waals surface area (Å²) in [6.45, 7) is 1.90. The van der Waals surface area contributed by atoms with Crippen LogP contribution in [0.15, 0.2) is 23.4 Å². The first kappa shape index (κ1) is 14.6. The summed E-state index contributed by atoms with van der Waals surface area (Å²) >= 11 is 0. The quantitative estimate of drug-likeness (QED) is 0.585. The second-order valence-electron chi connectivity index (χ2n) is 5.62. The minimum absolute atomic E-state index is 0.00518. The van der Waals surface area contributed by atoms with Crippen molar-refractivity contribution < 1.29 is 14.8 Å². The number of hydrazone groups is 1. The summed E-state index contributed by atoms with van der Waals surface area (Å²) in [5.74, 6) is -0.581. The Balaban J connectivity index is 1.73. The zero-order valence-electron chi connectivity index (χ0n) is 12.4. The molecule has 0 spiro atoms. The number of hydroxylamine groups is 1. The van der Waals surface area contributed by atoms with E-state index >= 15 is 0 Å². The van der Waals surface area contributed by atoms with Gasteiger partial charge in [0.25, 0.3) is 11.8 Å². The van der Waals surface area contributed by atoms with Gasteiger partial charge in [0.15, 0.2) is 0 Å². The Morgan fingerprint density at radius 1 is 1.41 bits per heavy atom. The highest BCUT2D eigenvalue weighted by Gasteiger charge is 2.34. The molecule has 8 nitrogen and oxygen atoms in total. The zero-order chi connectivity index (χ0) is 15.7. The molecule has 22 heavy (non-hydrogen) atoms. The van der Waals surface area contributed by atoms with Crippen LogP contribution in [-0.4, -0.2) is 62.9 Å². The van der Waals surface area contributed by atoms with Crippen molar-refractivity contribution in [3.63, 3.8) is 0 Å². The van der Waals surface area contributed by atoms with Gasteiger partial charge in [-0.3, -0.25) is 19.8 Å². The largest absolute Gasteiger partial charge is 0.347 e. The predicted molar refractivity (Wildman–Crippen MR) is 78.4 cm³/mol. The minimum Gasteiger partial charge on any atom is -0.347 e. The molecule has 1 aromatic heterocycles. The highest BCUT2D eigenvalue weighted by molar-refractivity contribution is 6.39. The van der Waals surface area contributed by atoms with Gasteiger partial charge in [0, 0.05) is 39.3 Å². The van der Waals surface area contributed by atoms with Gasteiger partial charge in [0.05, 0.1) is 6.04 Å². The van der Waals surface area contributed by atoms with Crippen LogP contribution in [0.4, 0.5) is 0 Å². The average molecular weight is 305 g/mol. The number of fused-ring (bicyclic) bond motifs is 1. The van der Waals surface area contributed by atoms with Crippen LogP contribution in [0.25, 0.3) is 0 Å². The molecule has 1 unspecified atom stereocenters. The van der Waals surface area contributed by atoms with Gasteiger partial charge < -0.3 is 9.47 Å². The molecule has 0 radical (unpaired) electrons. The fourth-order valence-electron chi connectivity index (χ4n) is 3.00. The third kappa shape index (κ3) is 2.57. The van der Waals surface area contributed by atoms with Gasteiger partial charge in [-0.2, -0.15) is 5.10 Å². The molecule has 1 fully saturated rings. The summed E-state index contributed by atoms with van der Waals surface area (Å²) in [4.78, 5) is 25.9. The number of nitrogens with one attached hydrogen (secondary N) is 1. The lowest BCUT2D eigenvalue weighted by Crippen LogP contribution is -2.40. The lowest BCUT2D eigenvalue weighted by molar-refractivity contribution is -0.122. The first-order valence-corrected chi connectivity index (χ1v) is 7.29. The molecule has 0 bridgehead atoms. The van der Waals surface area contributed by atoms with E-state index in [9.17, 15) is 9.59 Å². The molecule has 1 aromatic rings. The molecule has 1 atom stereocenters. The van der Waals surface area contributed by atoms with Crippen molar-refractivity contribution in [3.8, 4) is 0 Å². The molecular formula is C14H19N5O3. The summed E-state index contributed by atoms with van der Waals surface area (Å²) in [6, 6.07) is 3.64. The van der Waals surface area contributed by atoms with Gasteiger partial charge in [-0.05, 0) is 18.6 Å². The van der Waals surface area contributed by atoms with E-state index < -0.39 is 5.91 Å². The van der Waals surface area contributed by atoms with Gasteiger partial charge in [0.1, 0.15) is 11.4 Å². The number of amides is 2. The summed E-state index contributed by atoms with van der Waals surface area (Å²) < 4.78 is 1.81. The Labute approximate surface area is 127 Å².